The summed E-state index contributed by atoms with van der Waals surface area (Å²) in [6.45, 7) is 2.94. The van der Waals surface area contributed by atoms with Crippen LogP contribution in [0.15, 0.2) is 18.2 Å². The van der Waals surface area contributed by atoms with Gasteiger partial charge in [0, 0.05) is 43.1 Å². The SMILES string of the molecule is O=C(Nc1cc(F)cc(C(F)F)c1)C1CCC2(CC1)CN(CCC1CCC(F)(F)CC1)C2. The minimum Gasteiger partial charge on any atom is -0.326 e. The number of hydrogen-bond donors (Lipinski definition) is 1. The van der Waals surface area contributed by atoms with E-state index in [0.717, 1.165) is 69.9 Å². The minimum atomic E-state index is -2.79. The lowest BCUT2D eigenvalue weighted by atomic mass is 9.65. The second kappa shape index (κ2) is 9.27. The van der Waals surface area contributed by atoms with Gasteiger partial charge in [0.25, 0.3) is 6.43 Å². The van der Waals surface area contributed by atoms with Gasteiger partial charge in [0.15, 0.2) is 0 Å². The van der Waals surface area contributed by atoms with Crippen molar-refractivity contribution >= 4 is 11.6 Å². The molecule has 3 nitrogen and oxygen atoms in total. The Morgan fingerprint density at radius 1 is 1.03 bits per heavy atom. The second-order valence-corrected chi connectivity index (χ2v) is 10.1. The van der Waals surface area contributed by atoms with E-state index in [9.17, 15) is 26.7 Å². The number of carbonyl (C=O) groups is 1. The molecular formula is C24H31F5N2O. The molecule has 178 valence electrons. The molecule has 2 aliphatic carbocycles. The zero-order chi connectivity index (χ0) is 22.9. The smallest absolute Gasteiger partial charge is 0.264 e. The first-order valence-electron chi connectivity index (χ1n) is 11.6. The van der Waals surface area contributed by atoms with Crippen LogP contribution in [-0.4, -0.2) is 36.4 Å². The number of amides is 1. The summed E-state index contributed by atoms with van der Waals surface area (Å²) >= 11 is 0. The molecule has 2 saturated carbocycles. The van der Waals surface area contributed by atoms with E-state index in [2.05, 4.69) is 10.2 Å². The lowest BCUT2D eigenvalue weighted by Crippen LogP contribution is -2.58. The van der Waals surface area contributed by atoms with E-state index in [1.54, 1.807) is 0 Å². The zero-order valence-corrected chi connectivity index (χ0v) is 18.2. The molecule has 1 aromatic rings. The Bertz CT molecular complexity index is 805. The molecule has 0 bridgehead atoms. The number of hydrogen-bond acceptors (Lipinski definition) is 2. The van der Waals surface area contributed by atoms with Crippen LogP contribution in [0.2, 0.25) is 0 Å². The van der Waals surface area contributed by atoms with Gasteiger partial charge in [-0.05, 0) is 81.0 Å². The van der Waals surface area contributed by atoms with E-state index in [-0.39, 0.29) is 35.8 Å². The minimum absolute atomic E-state index is 0.0180. The Morgan fingerprint density at radius 2 is 1.69 bits per heavy atom. The number of likely N-dealkylation sites (tertiary alicyclic amines) is 1. The van der Waals surface area contributed by atoms with Crippen molar-refractivity contribution in [2.24, 2.45) is 17.3 Å². The Labute approximate surface area is 185 Å². The molecule has 1 spiro atoms. The highest BCUT2D eigenvalue weighted by Gasteiger charge is 2.46. The van der Waals surface area contributed by atoms with Crippen LogP contribution in [0, 0.1) is 23.1 Å². The lowest BCUT2D eigenvalue weighted by Gasteiger charge is -2.54. The lowest BCUT2D eigenvalue weighted by molar-refractivity contribution is -0.123. The van der Waals surface area contributed by atoms with Crippen LogP contribution in [-0.2, 0) is 4.79 Å². The van der Waals surface area contributed by atoms with E-state index in [4.69, 9.17) is 0 Å². The number of nitrogens with one attached hydrogen (secondary N) is 1. The van der Waals surface area contributed by atoms with E-state index in [1.807, 2.05) is 0 Å². The fourth-order valence-corrected chi connectivity index (χ4v) is 5.68. The summed E-state index contributed by atoms with van der Waals surface area (Å²) in [5.74, 6) is -3.30. The zero-order valence-electron chi connectivity index (χ0n) is 18.2. The van der Waals surface area contributed by atoms with Crippen LogP contribution in [0.25, 0.3) is 0 Å². The van der Waals surface area contributed by atoms with E-state index >= 15 is 0 Å². The highest BCUT2D eigenvalue weighted by atomic mass is 19.3. The van der Waals surface area contributed by atoms with E-state index in [1.165, 1.54) is 0 Å². The van der Waals surface area contributed by atoms with Gasteiger partial charge in [0.2, 0.25) is 11.8 Å². The third-order valence-electron chi connectivity index (χ3n) is 7.66. The van der Waals surface area contributed by atoms with Crippen LogP contribution < -0.4 is 5.32 Å². The molecule has 32 heavy (non-hydrogen) atoms. The van der Waals surface area contributed by atoms with Crippen molar-refractivity contribution < 1.29 is 26.7 Å². The van der Waals surface area contributed by atoms with Gasteiger partial charge in [0.1, 0.15) is 5.82 Å². The van der Waals surface area contributed by atoms with E-state index in [0.29, 0.717) is 18.8 Å². The van der Waals surface area contributed by atoms with Crippen molar-refractivity contribution in [3.63, 3.8) is 0 Å². The van der Waals surface area contributed by atoms with Crippen molar-refractivity contribution in [3.8, 4) is 0 Å². The maximum absolute atomic E-state index is 13.6. The van der Waals surface area contributed by atoms with E-state index < -0.39 is 23.7 Å². The summed E-state index contributed by atoms with van der Waals surface area (Å²) in [4.78, 5) is 15.0. The molecule has 1 heterocycles. The quantitative estimate of drug-likeness (QED) is 0.500. The highest BCUT2D eigenvalue weighted by molar-refractivity contribution is 5.92. The first-order valence-corrected chi connectivity index (χ1v) is 11.6. The number of nitrogens with zero attached hydrogens (tertiary/aromatic N) is 1. The summed E-state index contributed by atoms with van der Waals surface area (Å²) in [6.07, 6.45) is 2.78. The van der Waals surface area contributed by atoms with Gasteiger partial charge < -0.3 is 10.2 Å². The van der Waals surface area contributed by atoms with Gasteiger partial charge >= 0.3 is 0 Å². The Kier molecular flexibility index (Phi) is 6.80. The number of alkyl halides is 4. The number of rotatable bonds is 6. The molecule has 1 aliphatic heterocycles. The molecule has 1 N–H and O–H groups in total. The van der Waals surface area contributed by atoms with Crippen LogP contribution in [0.3, 0.4) is 0 Å². The molecule has 0 atom stereocenters. The Morgan fingerprint density at radius 3 is 2.31 bits per heavy atom. The fourth-order valence-electron chi connectivity index (χ4n) is 5.68. The molecule has 0 radical (unpaired) electrons. The van der Waals surface area contributed by atoms with Crippen molar-refractivity contribution in [2.75, 3.05) is 25.0 Å². The third kappa shape index (κ3) is 5.61. The maximum atomic E-state index is 13.6. The van der Waals surface area contributed by atoms with Gasteiger partial charge in [-0.2, -0.15) is 0 Å². The average molecular weight is 459 g/mol. The van der Waals surface area contributed by atoms with Gasteiger partial charge in [-0.3, -0.25) is 4.79 Å². The molecule has 1 aromatic carbocycles. The molecule has 4 rings (SSSR count). The van der Waals surface area contributed by atoms with Gasteiger partial charge in [0.05, 0.1) is 0 Å². The molecular weight excluding hydrogens is 427 g/mol. The molecule has 1 amide bonds. The van der Waals surface area contributed by atoms with Crippen LogP contribution in [0.5, 0.6) is 0 Å². The number of anilines is 1. The Balaban J connectivity index is 1.19. The topological polar surface area (TPSA) is 32.3 Å². The molecule has 3 aliphatic rings. The largest absolute Gasteiger partial charge is 0.326 e. The fraction of sp³-hybridized carbons (Fsp3) is 0.708. The Hall–Kier alpha value is -1.70. The summed E-state index contributed by atoms with van der Waals surface area (Å²) < 4.78 is 65.9. The van der Waals surface area contributed by atoms with Crippen LogP contribution in [0.1, 0.15) is 69.8 Å². The molecule has 0 unspecified atom stereocenters. The van der Waals surface area contributed by atoms with Gasteiger partial charge in [-0.15, -0.1) is 0 Å². The van der Waals surface area contributed by atoms with Crippen molar-refractivity contribution in [1.29, 1.82) is 0 Å². The predicted octanol–water partition coefficient (Wildman–Crippen LogP) is 6.41. The maximum Gasteiger partial charge on any atom is 0.264 e. The highest BCUT2D eigenvalue weighted by Crippen LogP contribution is 2.46. The standard InChI is InChI=1S/C24H31F5N2O/c25-19-11-18(21(26)27)12-20(13-19)30-22(32)17-3-6-23(7-4-17)14-31(15-23)10-5-16-1-8-24(28,29)9-2-16/h11-13,16-17,21H,1-10,14-15H2,(H,30,32). The van der Waals surface area contributed by atoms with Crippen molar-refractivity contribution in [2.45, 2.75) is 70.1 Å². The average Bonchev–Trinajstić information content (AvgIpc) is 2.71. The predicted molar refractivity (Wildman–Crippen MR) is 112 cm³/mol. The van der Waals surface area contributed by atoms with Gasteiger partial charge in [-0.1, -0.05) is 0 Å². The summed E-state index contributed by atoms with van der Waals surface area (Å²) in [5, 5.41) is 2.61. The number of carbonyl (C=O) groups excluding carboxylic acids is 1. The van der Waals surface area contributed by atoms with Crippen LogP contribution in [0.4, 0.5) is 27.6 Å². The molecule has 8 heteroatoms. The first kappa shape index (κ1) is 23.5. The molecule has 3 fully saturated rings. The van der Waals surface area contributed by atoms with Crippen molar-refractivity contribution in [3.05, 3.63) is 29.6 Å². The molecule has 0 aromatic heterocycles. The van der Waals surface area contributed by atoms with Crippen molar-refractivity contribution in [1.82, 2.24) is 4.90 Å². The van der Waals surface area contributed by atoms with Gasteiger partial charge in [-0.25, -0.2) is 22.0 Å². The number of halogens is 5. The monoisotopic (exact) mass is 458 g/mol. The van der Waals surface area contributed by atoms with Crippen LogP contribution >= 0.6 is 0 Å². The molecule has 1 saturated heterocycles. The number of benzene rings is 1. The summed E-state index contributed by atoms with van der Waals surface area (Å²) in [6, 6.07) is 2.95. The normalized spacial score (nSPS) is 23.9. The second-order valence-electron chi connectivity index (χ2n) is 10.1. The summed E-state index contributed by atoms with van der Waals surface area (Å²) in [7, 11) is 0. The summed E-state index contributed by atoms with van der Waals surface area (Å²) in [5.41, 5.74) is -0.141. The first-order chi connectivity index (χ1) is 15.1. The third-order valence-corrected chi connectivity index (χ3v) is 7.66.